The molecule has 0 fully saturated rings. The van der Waals surface area contributed by atoms with Crippen LogP contribution in [0, 0.1) is 0 Å². The van der Waals surface area contributed by atoms with Crippen LogP contribution in [0.2, 0.25) is 0 Å². The molecule has 1 heterocycles. The van der Waals surface area contributed by atoms with Crippen LogP contribution in [0.4, 0.5) is 18.9 Å². The van der Waals surface area contributed by atoms with E-state index in [1.807, 2.05) is 0 Å². The van der Waals surface area contributed by atoms with Crippen LogP contribution in [-0.2, 0) is 0 Å². The molecule has 0 aromatic heterocycles. The van der Waals surface area contributed by atoms with Gasteiger partial charge in [-0.2, -0.15) is 0 Å². The summed E-state index contributed by atoms with van der Waals surface area (Å²) in [5.41, 5.74) is 0.680. The van der Waals surface area contributed by atoms with Crippen LogP contribution in [0.15, 0.2) is 42.5 Å². The van der Waals surface area contributed by atoms with Gasteiger partial charge in [0.05, 0.1) is 0 Å². The molecule has 0 saturated heterocycles. The molecule has 0 atom stereocenters. The molecular formula is C16H12F3NO4. The zero-order valence-corrected chi connectivity index (χ0v) is 12.2. The van der Waals surface area contributed by atoms with E-state index in [-0.39, 0.29) is 5.56 Å². The first-order valence-corrected chi connectivity index (χ1v) is 6.97. The van der Waals surface area contributed by atoms with Gasteiger partial charge in [0.25, 0.3) is 5.91 Å². The Hall–Kier alpha value is -2.90. The highest BCUT2D eigenvalue weighted by atomic mass is 19.4. The van der Waals surface area contributed by atoms with Gasteiger partial charge in [-0.05, 0) is 36.4 Å². The van der Waals surface area contributed by atoms with Crippen molar-refractivity contribution in [2.24, 2.45) is 0 Å². The molecule has 2 aromatic rings. The average molecular weight is 339 g/mol. The number of halogens is 3. The van der Waals surface area contributed by atoms with Crippen molar-refractivity contribution >= 4 is 11.6 Å². The fraction of sp³-hybridized carbons (Fsp3) is 0.188. The number of carbonyl (C=O) groups excluding carboxylic acids is 1. The van der Waals surface area contributed by atoms with Gasteiger partial charge in [-0.1, -0.05) is 0 Å². The zero-order chi connectivity index (χ0) is 17.2. The van der Waals surface area contributed by atoms with E-state index in [1.165, 1.54) is 12.1 Å². The van der Waals surface area contributed by atoms with Gasteiger partial charge < -0.3 is 19.5 Å². The Labute approximate surface area is 134 Å². The van der Waals surface area contributed by atoms with Crippen LogP contribution < -0.4 is 19.5 Å². The Morgan fingerprint density at radius 1 is 1.00 bits per heavy atom. The minimum absolute atomic E-state index is 0.194. The number of amides is 1. The van der Waals surface area contributed by atoms with E-state index in [0.29, 0.717) is 30.4 Å². The Morgan fingerprint density at radius 2 is 1.67 bits per heavy atom. The minimum Gasteiger partial charge on any atom is -0.486 e. The largest absolute Gasteiger partial charge is 0.573 e. The summed E-state index contributed by atoms with van der Waals surface area (Å²) in [6.07, 6.45) is -4.77. The summed E-state index contributed by atoms with van der Waals surface area (Å²) < 4.78 is 50.9. The fourth-order valence-corrected chi connectivity index (χ4v) is 2.13. The van der Waals surface area contributed by atoms with Gasteiger partial charge in [-0.25, -0.2) is 0 Å². The summed E-state index contributed by atoms with van der Waals surface area (Å²) in [6.45, 7) is 0.885. The highest BCUT2D eigenvalue weighted by molar-refractivity contribution is 6.04. The van der Waals surface area contributed by atoms with E-state index in [0.717, 1.165) is 12.1 Å². The van der Waals surface area contributed by atoms with Crippen molar-refractivity contribution in [1.82, 2.24) is 0 Å². The van der Waals surface area contributed by atoms with E-state index < -0.39 is 18.0 Å². The zero-order valence-electron chi connectivity index (χ0n) is 12.2. The van der Waals surface area contributed by atoms with E-state index in [4.69, 9.17) is 9.47 Å². The molecule has 126 valence electrons. The van der Waals surface area contributed by atoms with Crippen LogP contribution in [0.3, 0.4) is 0 Å². The molecule has 0 bridgehead atoms. The number of nitrogens with one attached hydrogen (secondary N) is 1. The first-order chi connectivity index (χ1) is 11.4. The van der Waals surface area contributed by atoms with Crippen molar-refractivity contribution in [2.75, 3.05) is 18.5 Å². The van der Waals surface area contributed by atoms with Crippen molar-refractivity contribution in [2.45, 2.75) is 6.36 Å². The number of rotatable bonds is 3. The van der Waals surface area contributed by atoms with E-state index in [2.05, 4.69) is 10.1 Å². The van der Waals surface area contributed by atoms with Crippen LogP contribution >= 0.6 is 0 Å². The first-order valence-electron chi connectivity index (χ1n) is 6.97. The van der Waals surface area contributed by atoms with Crippen LogP contribution in [-0.4, -0.2) is 25.5 Å². The van der Waals surface area contributed by atoms with Crippen molar-refractivity contribution in [1.29, 1.82) is 0 Å². The summed E-state index contributed by atoms with van der Waals surface area (Å²) in [4.78, 5) is 12.1. The normalized spacial score (nSPS) is 13.3. The second-order valence-corrected chi connectivity index (χ2v) is 4.88. The summed E-state index contributed by atoms with van der Waals surface area (Å²) >= 11 is 0. The molecule has 1 aliphatic heterocycles. The van der Waals surface area contributed by atoms with Crippen LogP contribution in [0.1, 0.15) is 10.4 Å². The molecule has 8 heteroatoms. The Kier molecular flexibility index (Phi) is 4.20. The maximum absolute atomic E-state index is 12.1. The maximum Gasteiger partial charge on any atom is 0.573 e. The number of hydrogen-bond acceptors (Lipinski definition) is 4. The number of ether oxygens (including phenoxy) is 3. The predicted octanol–water partition coefficient (Wildman–Crippen LogP) is 3.61. The Morgan fingerprint density at radius 3 is 2.33 bits per heavy atom. The molecule has 0 radical (unpaired) electrons. The Balaban J connectivity index is 1.68. The number of anilines is 1. The average Bonchev–Trinajstić information content (AvgIpc) is 2.54. The third-order valence-corrected chi connectivity index (χ3v) is 3.15. The summed E-state index contributed by atoms with van der Waals surface area (Å²) in [5.74, 6) is 0.254. The number of benzene rings is 2. The van der Waals surface area contributed by atoms with Gasteiger partial charge in [0.15, 0.2) is 11.5 Å². The third-order valence-electron chi connectivity index (χ3n) is 3.15. The van der Waals surface area contributed by atoms with Crippen LogP contribution in [0.25, 0.3) is 0 Å². The van der Waals surface area contributed by atoms with E-state index in [9.17, 15) is 18.0 Å². The van der Waals surface area contributed by atoms with Gasteiger partial charge in [0.1, 0.15) is 19.0 Å². The molecular weight excluding hydrogens is 327 g/mol. The highest BCUT2D eigenvalue weighted by Gasteiger charge is 2.31. The monoisotopic (exact) mass is 339 g/mol. The standard InChI is InChI=1S/C16H12F3NO4/c17-16(18,19)24-12-4-1-10(2-5-12)15(21)20-11-3-6-13-14(9-11)23-8-7-22-13/h1-6,9H,7-8H2,(H,20,21). The van der Waals surface area contributed by atoms with Crippen molar-refractivity contribution in [3.8, 4) is 17.2 Å². The van der Waals surface area contributed by atoms with Gasteiger partial charge in [0.2, 0.25) is 0 Å². The SMILES string of the molecule is O=C(Nc1ccc2c(c1)OCCO2)c1ccc(OC(F)(F)F)cc1. The molecule has 24 heavy (non-hydrogen) atoms. The van der Waals surface area contributed by atoms with E-state index in [1.54, 1.807) is 18.2 Å². The molecule has 1 aliphatic rings. The molecule has 1 N–H and O–H groups in total. The smallest absolute Gasteiger partial charge is 0.486 e. The lowest BCUT2D eigenvalue weighted by molar-refractivity contribution is -0.274. The lowest BCUT2D eigenvalue weighted by atomic mass is 10.2. The molecule has 0 aliphatic carbocycles. The van der Waals surface area contributed by atoms with Gasteiger partial charge in [0, 0.05) is 17.3 Å². The lowest BCUT2D eigenvalue weighted by Crippen LogP contribution is -2.17. The van der Waals surface area contributed by atoms with E-state index >= 15 is 0 Å². The number of fused-ring (bicyclic) bond motifs is 1. The summed E-state index contributed by atoms with van der Waals surface area (Å²) in [5, 5.41) is 2.64. The molecule has 3 rings (SSSR count). The molecule has 2 aromatic carbocycles. The van der Waals surface area contributed by atoms with Gasteiger partial charge >= 0.3 is 6.36 Å². The minimum atomic E-state index is -4.77. The first kappa shape index (κ1) is 16.0. The summed E-state index contributed by atoms with van der Waals surface area (Å²) in [6, 6.07) is 9.58. The molecule has 5 nitrogen and oxygen atoms in total. The number of alkyl halides is 3. The molecule has 0 saturated carbocycles. The predicted molar refractivity (Wildman–Crippen MR) is 78.5 cm³/mol. The van der Waals surface area contributed by atoms with Crippen molar-refractivity contribution < 1.29 is 32.2 Å². The number of hydrogen-bond donors (Lipinski definition) is 1. The highest BCUT2D eigenvalue weighted by Crippen LogP contribution is 2.32. The molecule has 0 unspecified atom stereocenters. The van der Waals surface area contributed by atoms with Crippen molar-refractivity contribution in [3.63, 3.8) is 0 Å². The Bertz CT molecular complexity index is 744. The van der Waals surface area contributed by atoms with Crippen molar-refractivity contribution in [3.05, 3.63) is 48.0 Å². The third kappa shape index (κ3) is 3.89. The summed E-state index contributed by atoms with van der Waals surface area (Å²) in [7, 11) is 0. The quantitative estimate of drug-likeness (QED) is 0.928. The lowest BCUT2D eigenvalue weighted by Gasteiger charge is -2.19. The topological polar surface area (TPSA) is 56.8 Å². The van der Waals surface area contributed by atoms with Gasteiger partial charge in [-0.15, -0.1) is 13.2 Å². The maximum atomic E-state index is 12.1. The number of carbonyl (C=O) groups is 1. The second-order valence-electron chi connectivity index (χ2n) is 4.88. The molecule has 0 spiro atoms. The second kappa shape index (κ2) is 6.31. The van der Waals surface area contributed by atoms with Gasteiger partial charge in [-0.3, -0.25) is 4.79 Å². The molecule has 1 amide bonds. The fourth-order valence-electron chi connectivity index (χ4n) is 2.13. The van der Waals surface area contributed by atoms with Crippen LogP contribution in [0.5, 0.6) is 17.2 Å².